The molecule has 0 bridgehead atoms. The molecule has 1 amide bonds. The molecule has 156 valence electrons. The molecule has 0 fully saturated rings. The summed E-state index contributed by atoms with van der Waals surface area (Å²) in [5, 5.41) is 6.77. The molecule has 0 unspecified atom stereocenters. The average molecular weight is 415 g/mol. The van der Waals surface area contributed by atoms with E-state index in [-0.39, 0.29) is 12.5 Å². The summed E-state index contributed by atoms with van der Waals surface area (Å²) in [6, 6.07) is 24.2. The molecule has 1 heterocycles. The smallest absolute Gasteiger partial charge is 0.255 e. The molecule has 7 nitrogen and oxygen atoms in total. The molecule has 3 aromatic carbocycles. The number of nitrogens with zero attached hydrogens (tertiary/aromatic N) is 2. The van der Waals surface area contributed by atoms with Crippen molar-refractivity contribution in [3.05, 3.63) is 95.9 Å². The third-order valence-corrected chi connectivity index (χ3v) is 4.59. The van der Waals surface area contributed by atoms with Crippen LogP contribution in [0, 0.1) is 0 Å². The van der Waals surface area contributed by atoms with Crippen molar-refractivity contribution < 1.29 is 18.8 Å². The standard InChI is InChI=1S/C24H21N3O4/c1-29-19-13-11-18(12-14-19)23-26-22(31-27-23)15-25-24(28)20-9-5-6-10-21(20)30-16-17-7-3-2-4-8-17/h2-14H,15-16H2,1H3,(H,25,28). The highest BCUT2D eigenvalue weighted by Gasteiger charge is 2.14. The maximum Gasteiger partial charge on any atom is 0.255 e. The number of ether oxygens (including phenoxy) is 2. The molecule has 0 aliphatic carbocycles. The summed E-state index contributed by atoms with van der Waals surface area (Å²) in [5.41, 5.74) is 2.25. The van der Waals surface area contributed by atoms with Crippen LogP contribution in [0.1, 0.15) is 21.8 Å². The predicted molar refractivity (Wildman–Crippen MR) is 115 cm³/mol. The Bertz CT molecular complexity index is 1140. The predicted octanol–water partition coefficient (Wildman–Crippen LogP) is 4.25. The lowest BCUT2D eigenvalue weighted by Gasteiger charge is -2.11. The van der Waals surface area contributed by atoms with E-state index in [1.807, 2.05) is 60.7 Å². The summed E-state index contributed by atoms with van der Waals surface area (Å²) >= 11 is 0. The van der Waals surface area contributed by atoms with Crippen molar-refractivity contribution in [1.82, 2.24) is 15.5 Å². The summed E-state index contributed by atoms with van der Waals surface area (Å²) in [6.07, 6.45) is 0. The van der Waals surface area contributed by atoms with Gasteiger partial charge in [0.25, 0.3) is 5.91 Å². The van der Waals surface area contributed by atoms with Crippen LogP contribution in [0.15, 0.2) is 83.4 Å². The Morgan fingerprint density at radius 3 is 2.48 bits per heavy atom. The highest BCUT2D eigenvalue weighted by Crippen LogP contribution is 2.21. The Hall–Kier alpha value is -4.13. The lowest BCUT2D eigenvalue weighted by Crippen LogP contribution is -2.23. The Balaban J connectivity index is 1.38. The van der Waals surface area contributed by atoms with Crippen LogP contribution in [-0.2, 0) is 13.2 Å². The molecule has 4 rings (SSSR count). The number of amides is 1. The molecule has 0 aliphatic rings. The third kappa shape index (κ3) is 5.08. The van der Waals surface area contributed by atoms with Crippen LogP contribution in [0.4, 0.5) is 0 Å². The summed E-state index contributed by atoms with van der Waals surface area (Å²) in [6.45, 7) is 0.481. The lowest BCUT2D eigenvalue weighted by atomic mass is 10.2. The second-order valence-electron chi connectivity index (χ2n) is 6.69. The first-order chi connectivity index (χ1) is 15.2. The van der Waals surface area contributed by atoms with E-state index in [9.17, 15) is 4.79 Å². The van der Waals surface area contributed by atoms with Crippen molar-refractivity contribution in [3.63, 3.8) is 0 Å². The van der Waals surface area contributed by atoms with Crippen LogP contribution in [0.25, 0.3) is 11.4 Å². The first-order valence-corrected chi connectivity index (χ1v) is 9.74. The van der Waals surface area contributed by atoms with Gasteiger partial charge in [-0.1, -0.05) is 47.6 Å². The fraction of sp³-hybridized carbons (Fsp3) is 0.125. The van der Waals surface area contributed by atoms with Crippen molar-refractivity contribution in [2.45, 2.75) is 13.2 Å². The number of hydrogen-bond acceptors (Lipinski definition) is 6. The van der Waals surface area contributed by atoms with Gasteiger partial charge < -0.3 is 19.3 Å². The maximum absolute atomic E-state index is 12.7. The maximum atomic E-state index is 12.7. The minimum atomic E-state index is -0.284. The molecule has 4 aromatic rings. The van der Waals surface area contributed by atoms with Gasteiger partial charge in [0.05, 0.1) is 19.2 Å². The van der Waals surface area contributed by atoms with E-state index in [0.717, 1.165) is 16.9 Å². The van der Waals surface area contributed by atoms with E-state index in [1.165, 1.54) is 0 Å². The zero-order chi connectivity index (χ0) is 21.5. The molecule has 0 spiro atoms. The van der Waals surface area contributed by atoms with Gasteiger partial charge in [-0.3, -0.25) is 4.79 Å². The SMILES string of the molecule is COc1ccc(-c2noc(CNC(=O)c3ccccc3OCc3ccccc3)n2)cc1. The fourth-order valence-electron chi connectivity index (χ4n) is 2.95. The molecule has 7 heteroatoms. The van der Waals surface area contributed by atoms with Gasteiger partial charge in [-0.15, -0.1) is 0 Å². The van der Waals surface area contributed by atoms with Crippen LogP contribution in [0.5, 0.6) is 11.5 Å². The van der Waals surface area contributed by atoms with Crippen LogP contribution < -0.4 is 14.8 Å². The number of rotatable bonds is 8. The number of carbonyl (C=O) groups is 1. The number of carbonyl (C=O) groups excluding carboxylic acids is 1. The number of nitrogens with one attached hydrogen (secondary N) is 1. The van der Waals surface area contributed by atoms with E-state index in [0.29, 0.717) is 29.6 Å². The highest BCUT2D eigenvalue weighted by atomic mass is 16.5. The van der Waals surface area contributed by atoms with Gasteiger partial charge in [-0.2, -0.15) is 4.98 Å². The average Bonchev–Trinajstić information content (AvgIpc) is 3.31. The molecule has 0 atom stereocenters. The molecule has 31 heavy (non-hydrogen) atoms. The van der Waals surface area contributed by atoms with Crippen LogP contribution in [-0.4, -0.2) is 23.2 Å². The number of methoxy groups -OCH3 is 1. The largest absolute Gasteiger partial charge is 0.497 e. The second kappa shape index (κ2) is 9.58. The molecular weight excluding hydrogens is 394 g/mol. The number of benzene rings is 3. The van der Waals surface area contributed by atoms with Gasteiger partial charge in [0.1, 0.15) is 18.1 Å². The Morgan fingerprint density at radius 1 is 0.968 bits per heavy atom. The fourth-order valence-corrected chi connectivity index (χ4v) is 2.95. The molecule has 1 aromatic heterocycles. The lowest BCUT2D eigenvalue weighted by molar-refractivity contribution is 0.0941. The number of aromatic nitrogens is 2. The minimum Gasteiger partial charge on any atom is -0.497 e. The molecular formula is C24H21N3O4. The Morgan fingerprint density at radius 2 is 1.71 bits per heavy atom. The number of hydrogen-bond donors (Lipinski definition) is 1. The van der Waals surface area contributed by atoms with Crippen molar-refractivity contribution in [2.75, 3.05) is 7.11 Å². The van der Waals surface area contributed by atoms with E-state index in [4.69, 9.17) is 14.0 Å². The van der Waals surface area contributed by atoms with Gasteiger partial charge in [-0.25, -0.2) is 0 Å². The number of para-hydroxylation sites is 1. The zero-order valence-corrected chi connectivity index (χ0v) is 16.9. The Labute approximate surface area is 179 Å². The zero-order valence-electron chi connectivity index (χ0n) is 16.9. The van der Waals surface area contributed by atoms with E-state index < -0.39 is 0 Å². The molecule has 0 radical (unpaired) electrons. The van der Waals surface area contributed by atoms with Crippen molar-refractivity contribution >= 4 is 5.91 Å². The molecule has 0 saturated heterocycles. The van der Waals surface area contributed by atoms with Gasteiger partial charge in [-0.05, 0) is 42.0 Å². The molecule has 1 N–H and O–H groups in total. The normalized spacial score (nSPS) is 10.5. The summed E-state index contributed by atoms with van der Waals surface area (Å²) in [4.78, 5) is 17.0. The quantitative estimate of drug-likeness (QED) is 0.463. The first-order valence-electron chi connectivity index (χ1n) is 9.74. The van der Waals surface area contributed by atoms with Crippen LogP contribution >= 0.6 is 0 Å². The topological polar surface area (TPSA) is 86.5 Å². The van der Waals surface area contributed by atoms with Crippen LogP contribution in [0.2, 0.25) is 0 Å². The molecule has 0 saturated carbocycles. The highest BCUT2D eigenvalue weighted by molar-refractivity contribution is 5.96. The summed E-state index contributed by atoms with van der Waals surface area (Å²) in [7, 11) is 1.61. The summed E-state index contributed by atoms with van der Waals surface area (Å²) in [5.74, 6) is 1.72. The minimum absolute atomic E-state index is 0.106. The second-order valence-corrected chi connectivity index (χ2v) is 6.69. The third-order valence-electron chi connectivity index (χ3n) is 4.59. The first kappa shape index (κ1) is 20.2. The van der Waals surface area contributed by atoms with E-state index in [2.05, 4.69) is 15.5 Å². The van der Waals surface area contributed by atoms with E-state index in [1.54, 1.807) is 25.3 Å². The van der Waals surface area contributed by atoms with Gasteiger partial charge in [0.2, 0.25) is 11.7 Å². The van der Waals surface area contributed by atoms with Gasteiger partial charge >= 0.3 is 0 Å². The van der Waals surface area contributed by atoms with Crippen molar-refractivity contribution in [3.8, 4) is 22.9 Å². The Kier molecular flexibility index (Phi) is 6.23. The van der Waals surface area contributed by atoms with Gasteiger partial charge in [0, 0.05) is 5.56 Å². The van der Waals surface area contributed by atoms with E-state index >= 15 is 0 Å². The molecule has 0 aliphatic heterocycles. The summed E-state index contributed by atoms with van der Waals surface area (Å²) < 4.78 is 16.3. The monoisotopic (exact) mass is 415 g/mol. The van der Waals surface area contributed by atoms with Crippen LogP contribution in [0.3, 0.4) is 0 Å². The van der Waals surface area contributed by atoms with Gasteiger partial charge in [0.15, 0.2) is 0 Å². The van der Waals surface area contributed by atoms with Crippen molar-refractivity contribution in [1.29, 1.82) is 0 Å². The van der Waals surface area contributed by atoms with Crippen molar-refractivity contribution in [2.24, 2.45) is 0 Å².